The Morgan fingerprint density at radius 2 is 1.18 bits per heavy atom. The fraction of sp³-hybridized carbons (Fsp3) is 0. The topological polar surface area (TPSA) is 61.2 Å². The molecule has 8 heteroatoms. The van der Waals surface area contributed by atoms with Crippen LogP contribution >= 0.6 is 0 Å². The summed E-state index contributed by atoms with van der Waals surface area (Å²) in [7, 11) is 0. The van der Waals surface area contributed by atoms with Gasteiger partial charge >= 0.3 is 0 Å². The fourth-order valence-corrected chi connectivity index (χ4v) is 1.44. The van der Waals surface area contributed by atoms with E-state index in [4.69, 9.17) is 5.26 Å². The maximum absolute atomic E-state index is 13.2. The number of carbonyl (C=O) groups excluding carboxylic acids is 2. The lowest BCUT2D eigenvalue weighted by molar-refractivity contribution is 0.0729. The minimum Gasteiger partial charge on any atom is -0.267 e. The molecule has 17 heavy (non-hydrogen) atoms. The zero-order chi connectivity index (χ0) is 12.9. The SMILES string of the molecule is N#CN1C(=O)c2c(F)c(F)c(F)c(F)c2C1=O. The number of benzene rings is 1. The first-order chi connectivity index (χ1) is 7.91. The second-order valence-electron chi connectivity index (χ2n) is 3.05. The van der Waals surface area contributed by atoms with Crippen LogP contribution in [-0.4, -0.2) is 16.7 Å². The number of hydrogen-bond donors (Lipinski definition) is 0. The van der Waals surface area contributed by atoms with Crippen molar-refractivity contribution >= 4 is 11.8 Å². The largest absolute Gasteiger partial charge is 0.278 e. The lowest BCUT2D eigenvalue weighted by Gasteiger charge is -2.01. The molecule has 86 valence electrons. The third-order valence-corrected chi connectivity index (χ3v) is 2.20. The molecule has 1 heterocycles. The Bertz CT molecular complexity index is 574. The Morgan fingerprint density at radius 3 is 1.47 bits per heavy atom. The molecule has 0 aliphatic carbocycles. The minimum atomic E-state index is -2.21. The molecular formula is C9F4N2O2. The number of rotatable bonds is 0. The zero-order valence-corrected chi connectivity index (χ0v) is 7.72. The van der Waals surface area contributed by atoms with Crippen LogP contribution in [0, 0.1) is 34.7 Å². The number of nitriles is 1. The van der Waals surface area contributed by atoms with E-state index in [-0.39, 0.29) is 4.90 Å². The van der Waals surface area contributed by atoms with Crippen molar-refractivity contribution < 1.29 is 27.2 Å². The van der Waals surface area contributed by atoms with Crippen molar-refractivity contribution in [3.63, 3.8) is 0 Å². The van der Waals surface area contributed by atoms with Gasteiger partial charge in [0.25, 0.3) is 11.8 Å². The molecule has 0 saturated carbocycles. The average Bonchev–Trinajstić information content (AvgIpc) is 2.55. The smallest absolute Gasteiger partial charge is 0.267 e. The molecule has 0 bridgehead atoms. The van der Waals surface area contributed by atoms with Gasteiger partial charge in [0.15, 0.2) is 29.5 Å². The van der Waals surface area contributed by atoms with Gasteiger partial charge in [-0.15, -0.1) is 0 Å². The summed E-state index contributed by atoms with van der Waals surface area (Å²) in [6, 6.07) is 0. The van der Waals surface area contributed by atoms with Crippen molar-refractivity contribution in [2.75, 3.05) is 0 Å². The first-order valence-corrected chi connectivity index (χ1v) is 4.06. The van der Waals surface area contributed by atoms with Crippen LogP contribution in [0.15, 0.2) is 0 Å². The highest BCUT2D eigenvalue weighted by Gasteiger charge is 2.44. The average molecular weight is 244 g/mol. The number of amides is 2. The summed E-state index contributed by atoms with van der Waals surface area (Å²) >= 11 is 0. The summed E-state index contributed by atoms with van der Waals surface area (Å²) in [6.07, 6.45) is 1.06. The summed E-state index contributed by atoms with van der Waals surface area (Å²) in [4.78, 5) is 22.3. The number of halogens is 4. The van der Waals surface area contributed by atoms with Crippen LogP contribution in [0.1, 0.15) is 20.7 Å². The van der Waals surface area contributed by atoms with E-state index in [9.17, 15) is 27.2 Å². The standard InChI is InChI=1S/C9F4N2O2/c10-4-2-3(5(11)7(13)6(4)12)9(17)15(1-14)8(2)16. The molecule has 0 radical (unpaired) electrons. The molecule has 0 fully saturated rings. The monoisotopic (exact) mass is 244 g/mol. The third-order valence-electron chi connectivity index (χ3n) is 2.20. The van der Waals surface area contributed by atoms with Crippen molar-refractivity contribution in [1.82, 2.24) is 4.90 Å². The highest BCUT2D eigenvalue weighted by Crippen LogP contribution is 2.30. The second kappa shape index (κ2) is 3.28. The second-order valence-corrected chi connectivity index (χ2v) is 3.05. The number of carbonyl (C=O) groups is 2. The van der Waals surface area contributed by atoms with Crippen molar-refractivity contribution in [2.45, 2.75) is 0 Å². The van der Waals surface area contributed by atoms with Gasteiger partial charge in [0.2, 0.25) is 0 Å². The fourth-order valence-electron chi connectivity index (χ4n) is 1.44. The van der Waals surface area contributed by atoms with Gasteiger partial charge in [0.05, 0.1) is 11.1 Å². The maximum Gasteiger partial charge on any atom is 0.278 e. The van der Waals surface area contributed by atoms with E-state index < -0.39 is 46.2 Å². The van der Waals surface area contributed by atoms with Crippen molar-refractivity contribution in [2.24, 2.45) is 0 Å². The van der Waals surface area contributed by atoms with Crippen molar-refractivity contribution in [1.29, 1.82) is 5.26 Å². The predicted octanol–water partition coefficient (Wildman–Crippen LogP) is 1.32. The summed E-state index contributed by atoms with van der Waals surface area (Å²) in [6.45, 7) is 0. The highest BCUT2D eigenvalue weighted by atomic mass is 19.2. The molecule has 1 aromatic carbocycles. The zero-order valence-electron chi connectivity index (χ0n) is 7.72. The van der Waals surface area contributed by atoms with Gasteiger partial charge in [-0.1, -0.05) is 0 Å². The summed E-state index contributed by atoms with van der Waals surface area (Å²) in [5.74, 6) is -11.4. The molecule has 4 nitrogen and oxygen atoms in total. The number of nitrogens with zero attached hydrogens (tertiary/aromatic N) is 2. The molecule has 0 N–H and O–H groups in total. The maximum atomic E-state index is 13.2. The van der Waals surface area contributed by atoms with Crippen LogP contribution in [0.3, 0.4) is 0 Å². The van der Waals surface area contributed by atoms with Gasteiger partial charge in [-0.25, -0.2) is 17.6 Å². The molecule has 2 rings (SSSR count). The first-order valence-electron chi connectivity index (χ1n) is 4.06. The molecule has 0 atom stereocenters. The van der Waals surface area contributed by atoms with Crippen LogP contribution in [0.25, 0.3) is 0 Å². The van der Waals surface area contributed by atoms with E-state index >= 15 is 0 Å². The predicted molar refractivity (Wildman–Crippen MR) is 42.4 cm³/mol. The van der Waals surface area contributed by atoms with E-state index in [2.05, 4.69) is 0 Å². The summed E-state index contributed by atoms with van der Waals surface area (Å²) < 4.78 is 52.0. The molecule has 1 aliphatic rings. The minimum absolute atomic E-state index is 0.185. The quantitative estimate of drug-likeness (QED) is 0.227. The van der Waals surface area contributed by atoms with Gasteiger partial charge in [-0.2, -0.15) is 10.2 Å². The van der Waals surface area contributed by atoms with Crippen LogP contribution in [0.5, 0.6) is 0 Å². The van der Waals surface area contributed by atoms with E-state index in [1.165, 1.54) is 0 Å². The highest BCUT2D eigenvalue weighted by molar-refractivity contribution is 6.22. The third kappa shape index (κ3) is 1.16. The van der Waals surface area contributed by atoms with E-state index in [0.717, 1.165) is 6.19 Å². The van der Waals surface area contributed by atoms with E-state index in [1.54, 1.807) is 0 Å². The summed E-state index contributed by atoms with van der Waals surface area (Å²) in [5.41, 5.74) is -2.54. The molecule has 1 aliphatic heterocycles. The Labute approximate surface area is 90.7 Å². The van der Waals surface area contributed by atoms with Crippen LogP contribution in [0.4, 0.5) is 17.6 Å². The molecule has 0 spiro atoms. The van der Waals surface area contributed by atoms with Crippen molar-refractivity contribution in [3.8, 4) is 6.19 Å². The molecule has 1 aromatic rings. The van der Waals surface area contributed by atoms with Crippen molar-refractivity contribution in [3.05, 3.63) is 34.4 Å². The Morgan fingerprint density at radius 1 is 0.824 bits per heavy atom. The van der Waals surface area contributed by atoms with Gasteiger partial charge in [-0.3, -0.25) is 9.59 Å². The van der Waals surface area contributed by atoms with Crippen LogP contribution in [0.2, 0.25) is 0 Å². The number of hydrogen-bond acceptors (Lipinski definition) is 3. The molecular weight excluding hydrogens is 244 g/mol. The molecule has 0 unspecified atom stereocenters. The van der Waals surface area contributed by atoms with E-state index in [1.807, 2.05) is 0 Å². The molecule has 0 saturated heterocycles. The molecule has 0 aromatic heterocycles. The van der Waals surface area contributed by atoms with Gasteiger partial charge in [0, 0.05) is 0 Å². The van der Waals surface area contributed by atoms with Gasteiger partial charge in [-0.05, 0) is 0 Å². The number of imide groups is 1. The Balaban J connectivity index is 2.90. The normalized spacial score (nSPS) is 13.9. The summed E-state index contributed by atoms with van der Waals surface area (Å²) in [5, 5.41) is 8.40. The van der Waals surface area contributed by atoms with Gasteiger partial charge < -0.3 is 0 Å². The van der Waals surface area contributed by atoms with E-state index in [0.29, 0.717) is 0 Å². The lowest BCUT2D eigenvalue weighted by atomic mass is 10.1. The lowest BCUT2D eigenvalue weighted by Crippen LogP contribution is -2.24. The Hall–Kier alpha value is -2.43. The van der Waals surface area contributed by atoms with Crippen LogP contribution < -0.4 is 0 Å². The van der Waals surface area contributed by atoms with Crippen LogP contribution in [-0.2, 0) is 0 Å². The first kappa shape index (κ1) is 11.1. The van der Waals surface area contributed by atoms with Gasteiger partial charge in [0.1, 0.15) is 0 Å². The number of fused-ring (bicyclic) bond motifs is 1. The molecule has 2 amide bonds. The Kier molecular flexibility index (Phi) is 2.13.